The number of piperidine rings is 1. The number of rotatable bonds is 5. The normalized spacial score (nSPS) is 24.1. The maximum absolute atomic E-state index is 13.8. The minimum absolute atomic E-state index is 0.0593. The number of anilines is 1. The first-order valence-corrected chi connectivity index (χ1v) is 11.4. The second-order valence-corrected chi connectivity index (χ2v) is 9.27. The molecule has 0 aliphatic carbocycles. The number of amides is 1. The van der Waals surface area contributed by atoms with E-state index in [0.29, 0.717) is 31.1 Å². The van der Waals surface area contributed by atoms with Gasteiger partial charge in [0, 0.05) is 25.2 Å². The first-order chi connectivity index (χ1) is 15.2. The lowest BCUT2D eigenvalue weighted by Gasteiger charge is -2.41. The van der Waals surface area contributed by atoms with Crippen molar-refractivity contribution < 1.29 is 18.3 Å². The summed E-state index contributed by atoms with van der Waals surface area (Å²) >= 11 is 0. The summed E-state index contributed by atoms with van der Waals surface area (Å²) in [4.78, 5) is 15.0. The first kappa shape index (κ1) is 22.6. The molecule has 2 aromatic rings. The average Bonchev–Trinajstić information content (AvgIpc) is 3.11. The van der Waals surface area contributed by atoms with Crippen LogP contribution in [0.1, 0.15) is 49.0 Å². The SMILES string of the molecule is Cc1cc(C)cc(O[C@@H](C)C(=O)N2CCC[C@@H]([C@@H]3C[C@H](C(F)F)n4nc(C)cc4N3)C2)c1. The van der Waals surface area contributed by atoms with Crippen molar-refractivity contribution >= 4 is 11.7 Å². The van der Waals surface area contributed by atoms with Crippen LogP contribution in [0.2, 0.25) is 0 Å². The third-order valence-electron chi connectivity index (χ3n) is 6.49. The number of alkyl halides is 2. The largest absolute Gasteiger partial charge is 0.481 e. The molecule has 2 aliphatic rings. The lowest BCUT2D eigenvalue weighted by Crippen LogP contribution is -2.50. The van der Waals surface area contributed by atoms with Crippen LogP contribution in [0, 0.1) is 26.7 Å². The fourth-order valence-corrected chi connectivity index (χ4v) is 5.06. The third kappa shape index (κ3) is 4.74. The summed E-state index contributed by atoms with van der Waals surface area (Å²) in [6.07, 6.45) is -1.04. The molecule has 0 bridgehead atoms. The number of nitrogens with one attached hydrogen (secondary N) is 1. The Balaban J connectivity index is 1.43. The molecule has 1 amide bonds. The molecule has 0 radical (unpaired) electrons. The zero-order chi connectivity index (χ0) is 23.0. The molecule has 1 saturated heterocycles. The summed E-state index contributed by atoms with van der Waals surface area (Å²) < 4.78 is 34.9. The van der Waals surface area contributed by atoms with Crippen LogP contribution in [-0.4, -0.2) is 52.2 Å². The molecule has 32 heavy (non-hydrogen) atoms. The minimum Gasteiger partial charge on any atom is -0.481 e. The summed E-state index contributed by atoms with van der Waals surface area (Å²) in [6.45, 7) is 8.79. The second-order valence-electron chi connectivity index (χ2n) is 9.27. The van der Waals surface area contributed by atoms with Crippen molar-refractivity contribution in [2.24, 2.45) is 5.92 Å². The highest BCUT2D eigenvalue weighted by Gasteiger charge is 2.39. The molecule has 4 atom stereocenters. The summed E-state index contributed by atoms with van der Waals surface area (Å²) in [5, 5.41) is 7.66. The first-order valence-electron chi connectivity index (χ1n) is 11.4. The van der Waals surface area contributed by atoms with E-state index in [1.807, 2.05) is 43.9 Å². The summed E-state index contributed by atoms with van der Waals surface area (Å²) in [5.41, 5.74) is 2.89. The molecule has 3 heterocycles. The van der Waals surface area contributed by atoms with Gasteiger partial charge in [-0.2, -0.15) is 5.10 Å². The monoisotopic (exact) mass is 446 g/mol. The lowest BCUT2D eigenvalue weighted by atomic mass is 9.86. The van der Waals surface area contributed by atoms with E-state index in [1.54, 1.807) is 6.92 Å². The average molecular weight is 447 g/mol. The molecule has 0 saturated carbocycles. The third-order valence-corrected chi connectivity index (χ3v) is 6.49. The van der Waals surface area contributed by atoms with Crippen LogP contribution in [0.25, 0.3) is 0 Å². The summed E-state index contributed by atoms with van der Waals surface area (Å²) in [7, 11) is 0. The van der Waals surface area contributed by atoms with Crippen molar-refractivity contribution in [2.75, 3.05) is 18.4 Å². The zero-order valence-electron chi connectivity index (χ0n) is 19.1. The Hall–Kier alpha value is -2.64. The smallest absolute Gasteiger partial charge is 0.263 e. The molecule has 6 nitrogen and oxygen atoms in total. The second kappa shape index (κ2) is 9.08. The van der Waals surface area contributed by atoms with Crippen molar-refractivity contribution in [2.45, 2.75) is 71.6 Å². The van der Waals surface area contributed by atoms with E-state index < -0.39 is 18.6 Å². The fourth-order valence-electron chi connectivity index (χ4n) is 5.06. The predicted molar refractivity (Wildman–Crippen MR) is 119 cm³/mol. The Morgan fingerprint density at radius 1 is 1.19 bits per heavy atom. The predicted octanol–water partition coefficient (Wildman–Crippen LogP) is 4.50. The maximum atomic E-state index is 13.8. The standard InChI is InChI=1S/C24H32F2N4O2/c1-14-8-15(2)10-19(9-14)32-17(4)24(31)29-7-5-6-18(13-29)20-12-21(23(25)26)30-22(27-20)11-16(3)28-30/h8-11,17-18,20-21,23,27H,5-7,12-13H2,1-4H3/t17-,18+,20-,21+/m0/s1. The van der Waals surface area contributed by atoms with Gasteiger partial charge in [-0.25, -0.2) is 13.5 Å². The van der Waals surface area contributed by atoms with Crippen molar-refractivity contribution in [3.8, 4) is 5.75 Å². The molecule has 0 unspecified atom stereocenters. The van der Waals surface area contributed by atoms with Crippen LogP contribution in [0.5, 0.6) is 5.75 Å². The van der Waals surface area contributed by atoms with E-state index in [0.717, 1.165) is 29.7 Å². The van der Waals surface area contributed by atoms with E-state index in [1.165, 1.54) is 4.68 Å². The highest BCUT2D eigenvalue weighted by Crippen LogP contribution is 2.36. The van der Waals surface area contributed by atoms with Crippen molar-refractivity contribution in [3.63, 3.8) is 0 Å². The number of fused-ring (bicyclic) bond motifs is 1. The van der Waals surface area contributed by atoms with Crippen molar-refractivity contribution in [1.82, 2.24) is 14.7 Å². The van der Waals surface area contributed by atoms with E-state index in [-0.39, 0.29) is 17.9 Å². The highest BCUT2D eigenvalue weighted by molar-refractivity contribution is 5.81. The Morgan fingerprint density at radius 2 is 1.91 bits per heavy atom. The van der Waals surface area contributed by atoms with Crippen LogP contribution in [0.15, 0.2) is 24.3 Å². The molecule has 1 aromatic carbocycles. The maximum Gasteiger partial charge on any atom is 0.263 e. The van der Waals surface area contributed by atoms with Gasteiger partial charge in [0.2, 0.25) is 0 Å². The van der Waals surface area contributed by atoms with Gasteiger partial charge in [-0.3, -0.25) is 4.79 Å². The number of benzene rings is 1. The number of hydrogen-bond donors (Lipinski definition) is 1. The van der Waals surface area contributed by atoms with Crippen LogP contribution in [0.3, 0.4) is 0 Å². The number of aromatic nitrogens is 2. The molecule has 2 aliphatic heterocycles. The van der Waals surface area contributed by atoms with E-state index in [2.05, 4.69) is 16.5 Å². The lowest BCUT2D eigenvalue weighted by molar-refractivity contribution is -0.140. The molecule has 0 spiro atoms. The summed E-state index contributed by atoms with van der Waals surface area (Å²) in [5.74, 6) is 1.37. The number of nitrogens with zero attached hydrogens (tertiary/aromatic N) is 3. The number of ether oxygens (including phenoxy) is 1. The fraction of sp³-hybridized carbons (Fsp3) is 0.583. The molecule has 174 valence electrons. The molecule has 1 aromatic heterocycles. The highest BCUT2D eigenvalue weighted by atomic mass is 19.3. The number of hydrogen-bond acceptors (Lipinski definition) is 4. The molecule has 1 N–H and O–H groups in total. The van der Waals surface area contributed by atoms with E-state index in [9.17, 15) is 13.6 Å². The van der Waals surface area contributed by atoms with Crippen LogP contribution >= 0.6 is 0 Å². The van der Waals surface area contributed by atoms with Gasteiger partial charge in [-0.15, -0.1) is 0 Å². The van der Waals surface area contributed by atoms with Crippen LogP contribution in [-0.2, 0) is 4.79 Å². The van der Waals surface area contributed by atoms with Crippen molar-refractivity contribution in [3.05, 3.63) is 41.1 Å². The Bertz CT molecular complexity index is 957. The minimum atomic E-state index is -2.48. The van der Waals surface area contributed by atoms with E-state index in [4.69, 9.17) is 4.74 Å². The molecular weight excluding hydrogens is 414 g/mol. The number of aryl methyl sites for hydroxylation is 3. The zero-order valence-corrected chi connectivity index (χ0v) is 19.1. The van der Waals surface area contributed by atoms with Gasteiger partial charge in [-0.05, 0) is 76.1 Å². The van der Waals surface area contributed by atoms with Gasteiger partial charge >= 0.3 is 0 Å². The van der Waals surface area contributed by atoms with Crippen molar-refractivity contribution in [1.29, 1.82) is 0 Å². The molecule has 1 fully saturated rings. The Morgan fingerprint density at radius 3 is 2.59 bits per heavy atom. The molecular formula is C24H32F2N4O2. The van der Waals surface area contributed by atoms with Gasteiger partial charge < -0.3 is 15.0 Å². The Kier molecular flexibility index (Phi) is 6.40. The van der Waals surface area contributed by atoms with E-state index >= 15 is 0 Å². The van der Waals surface area contributed by atoms with Crippen LogP contribution in [0.4, 0.5) is 14.6 Å². The quantitative estimate of drug-likeness (QED) is 0.735. The van der Waals surface area contributed by atoms with Gasteiger partial charge in [0.05, 0.1) is 5.69 Å². The van der Waals surface area contributed by atoms with Gasteiger partial charge in [-0.1, -0.05) is 6.07 Å². The van der Waals surface area contributed by atoms with Gasteiger partial charge in [0.1, 0.15) is 17.6 Å². The number of carbonyl (C=O) groups is 1. The van der Waals surface area contributed by atoms with Crippen LogP contribution < -0.4 is 10.1 Å². The number of carbonyl (C=O) groups excluding carboxylic acids is 1. The Labute approximate surface area is 187 Å². The molecule has 4 rings (SSSR count). The van der Waals surface area contributed by atoms with Gasteiger partial charge in [0.15, 0.2) is 6.10 Å². The number of likely N-dealkylation sites (tertiary alicyclic amines) is 1. The number of halogens is 2. The molecule has 8 heteroatoms. The topological polar surface area (TPSA) is 59.4 Å². The van der Waals surface area contributed by atoms with Gasteiger partial charge in [0.25, 0.3) is 12.3 Å². The summed E-state index contributed by atoms with van der Waals surface area (Å²) in [6, 6.07) is 6.67.